The summed E-state index contributed by atoms with van der Waals surface area (Å²) >= 11 is 0. The summed E-state index contributed by atoms with van der Waals surface area (Å²) in [5, 5.41) is 3.74. The van der Waals surface area contributed by atoms with Crippen molar-refractivity contribution in [3.63, 3.8) is 0 Å². The van der Waals surface area contributed by atoms with Gasteiger partial charge in [0.05, 0.1) is 0 Å². The van der Waals surface area contributed by atoms with Crippen molar-refractivity contribution >= 4 is 11.8 Å². The van der Waals surface area contributed by atoms with Crippen LogP contribution in [0.5, 0.6) is 0 Å². The molecule has 2 heterocycles. The lowest BCUT2D eigenvalue weighted by molar-refractivity contribution is -0.134. The molecule has 2 fully saturated rings. The fourth-order valence-electron chi connectivity index (χ4n) is 2.35. The molecular formula is C13H17N3O3. The van der Waals surface area contributed by atoms with Gasteiger partial charge in [-0.15, -0.1) is 0 Å². The number of amides is 2. The highest BCUT2D eigenvalue weighted by Gasteiger charge is 2.35. The first kappa shape index (κ1) is 12.2. The van der Waals surface area contributed by atoms with Gasteiger partial charge in [-0.2, -0.15) is 0 Å². The lowest BCUT2D eigenvalue weighted by Gasteiger charge is -2.34. The van der Waals surface area contributed by atoms with Crippen molar-refractivity contribution < 1.29 is 14.1 Å². The van der Waals surface area contributed by atoms with Gasteiger partial charge in [0.25, 0.3) is 5.91 Å². The van der Waals surface area contributed by atoms with E-state index in [4.69, 9.17) is 4.52 Å². The van der Waals surface area contributed by atoms with E-state index in [2.05, 4.69) is 5.16 Å². The van der Waals surface area contributed by atoms with Gasteiger partial charge in [-0.05, 0) is 19.8 Å². The van der Waals surface area contributed by atoms with Crippen molar-refractivity contribution in [2.45, 2.75) is 19.8 Å². The molecule has 2 aliphatic rings. The van der Waals surface area contributed by atoms with Crippen molar-refractivity contribution in [1.29, 1.82) is 0 Å². The number of aryl methyl sites for hydroxylation is 1. The SMILES string of the molecule is Cc1cc(C(=O)N2CCN(C(=O)C3CC3)CC2)no1. The van der Waals surface area contributed by atoms with Crippen LogP contribution in [0.1, 0.15) is 29.1 Å². The molecule has 6 nitrogen and oxygen atoms in total. The van der Waals surface area contributed by atoms with E-state index in [0.717, 1.165) is 12.8 Å². The average molecular weight is 263 g/mol. The van der Waals surface area contributed by atoms with Gasteiger partial charge in [-0.3, -0.25) is 9.59 Å². The molecule has 0 bridgehead atoms. The minimum absolute atomic E-state index is 0.115. The first-order chi connectivity index (χ1) is 9.15. The number of hydrogen-bond donors (Lipinski definition) is 0. The number of rotatable bonds is 2. The van der Waals surface area contributed by atoms with E-state index in [-0.39, 0.29) is 17.7 Å². The second-order valence-electron chi connectivity index (χ2n) is 5.21. The fraction of sp³-hybridized carbons (Fsp3) is 0.615. The van der Waals surface area contributed by atoms with E-state index in [1.165, 1.54) is 0 Å². The zero-order chi connectivity index (χ0) is 13.4. The van der Waals surface area contributed by atoms with Gasteiger partial charge in [-0.1, -0.05) is 5.16 Å². The van der Waals surface area contributed by atoms with E-state index in [0.29, 0.717) is 37.6 Å². The summed E-state index contributed by atoms with van der Waals surface area (Å²) in [5.74, 6) is 1.02. The summed E-state index contributed by atoms with van der Waals surface area (Å²) in [6, 6.07) is 1.64. The molecule has 1 aromatic rings. The third-order valence-corrected chi connectivity index (χ3v) is 3.65. The van der Waals surface area contributed by atoms with E-state index < -0.39 is 0 Å². The molecule has 19 heavy (non-hydrogen) atoms. The Kier molecular flexibility index (Phi) is 3.00. The molecule has 0 atom stereocenters. The Balaban J connectivity index is 1.57. The summed E-state index contributed by atoms with van der Waals surface area (Å²) in [6.07, 6.45) is 2.05. The summed E-state index contributed by atoms with van der Waals surface area (Å²) in [5.41, 5.74) is 0.347. The van der Waals surface area contributed by atoms with Gasteiger partial charge < -0.3 is 14.3 Å². The van der Waals surface area contributed by atoms with Crippen LogP contribution in [0.15, 0.2) is 10.6 Å². The molecule has 0 N–H and O–H groups in total. The molecule has 1 aliphatic carbocycles. The Morgan fingerprint density at radius 1 is 1.21 bits per heavy atom. The highest BCUT2D eigenvalue weighted by Crippen LogP contribution is 2.31. The number of carbonyl (C=O) groups is 2. The fourth-order valence-corrected chi connectivity index (χ4v) is 2.35. The third-order valence-electron chi connectivity index (χ3n) is 3.65. The Bertz CT molecular complexity index is 499. The monoisotopic (exact) mass is 263 g/mol. The molecule has 1 saturated carbocycles. The molecule has 0 unspecified atom stereocenters. The standard InChI is InChI=1S/C13H17N3O3/c1-9-8-11(14-19-9)13(18)16-6-4-15(5-7-16)12(17)10-2-3-10/h8,10H,2-7H2,1H3. The van der Waals surface area contributed by atoms with Gasteiger partial charge in [0.15, 0.2) is 5.69 Å². The van der Waals surface area contributed by atoms with Gasteiger partial charge >= 0.3 is 0 Å². The van der Waals surface area contributed by atoms with Crippen LogP contribution >= 0.6 is 0 Å². The molecule has 2 amide bonds. The molecule has 0 spiro atoms. The third kappa shape index (κ3) is 2.47. The van der Waals surface area contributed by atoms with Crippen LogP contribution in [0, 0.1) is 12.8 Å². The van der Waals surface area contributed by atoms with Crippen molar-refractivity contribution in [3.05, 3.63) is 17.5 Å². The molecule has 0 aromatic carbocycles. The van der Waals surface area contributed by atoms with Crippen LogP contribution in [0.4, 0.5) is 0 Å². The molecule has 102 valence electrons. The normalized spacial score (nSPS) is 19.6. The van der Waals surface area contributed by atoms with E-state index in [1.807, 2.05) is 4.90 Å². The Labute approximate surface area is 111 Å². The minimum Gasteiger partial charge on any atom is -0.361 e. The van der Waals surface area contributed by atoms with Crippen molar-refractivity contribution in [2.75, 3.05) is 26.2 Å². The predicted molar refractivity (Wildman–Crippen MR) is 66.4 cm³/mol. The number of carbonyl (C=O) groups excluding carboxylic acids is 2. The Hall–Kier alpha value is -1.85. The average Bonchev–Trinajstić information content (AvgIpc) is 3.19. The first-order valence-corrected chi connectivity index (χ1v) is 6.66. The summed E-state index contributed by atoms with van der Waals surface area (Å²) in [6.45, 7) is 4.15. The van der Waals surface area contributed by atoms with Crippen molar-refractivity contribution in [1.82, 2.24) is 15.0 Å². The molecule has 3 rings (SSSR count). The zero-order valence-electron chi connectivity index (χ0n) is 11.0. The topological polar surface area (TPSA) is 66.7 Å². The number of nitrogens with zero attached hydrogens (tertiary/aromatic N) is 3. The van der Waals surface area contributed by atoms with Gasteiger partial charge in [-0.25, -0.2) is 0 Å². The number of piperazine rings is 1. The van der Waals surface area contributed by atoms with E-state index in [1.54, 1.807) is 17.9 Å². The Morgan fingerprint density at radius 3 is 2.37 bits per heavy atom. The summed E-state index contributed by atoms with van der Waals surface area (Å²) < 4.78 is 4.91. The van der Waals surface area contributed by atoms with Crippen molar-refractivity contribution in [2.24, 2.45) is 5.92 Å². The Morgan fingerprint density at radius 2 is 1.84 bits per heavy atom. The lowest BCUT2D eigenvalue weighted by atomic mass is 10.2. The molecule has 1 saturated heterocycles. The smallest absolute Gasteiger partial charge is 0.276 e. The second kappa shape index (κ2) is 4.68. The van der Waals surface area contributed by atoms with Crippen LogP contribution in [0.25, 0.3) is 0 Å². The first-order valence-electron chi connectivity index (χ1n) is 6.66. The van der Waals surface area contributed by atoms with E-state index >= 15 is 0 Å². The van der Waals surface area contributed by atoms with Crippen LogP contribution in [0.3, 0.4) is 0 Å². The predicted octanol–water partition coefficient (Wildman–Crippen LogP) is 0.677. The van der Waals surface area contributed by atoms with Crippen LogP contribution in [-0.2, 0) is 4.79 Å². The highest BCUT2D eigenvalue weighted by atomic mass is 16.5. The van der Waals surface area contributed by atoms with E-state index in [9.17, 15) is 9.59 Å². The summed E-state index contributed by atoms with van der Waals surface area (Å²) in [7, 11) is 0. The lowest BCUT2D eigenvalue weighted by Crippen LogP contribution is -2.51. The van der Waals surface area contributed by atoms with Gasteiger partial charge in [0.1, 0.15) is 5.76 Å². The molecule has 6 heteroatoms. The van der Waals surface area contributed by atoms with Gasteiger partial charge in [0.2, 0.25) is 5.91 Å². The maximum atomic E-state index is 12.1. The number of aromatic nitrogens is 1. The number of hydrogen-bond acceptors (Lipinski definition) is 4. The minimum atomic E-state index is -0.115. The highest BCUT2D eigenvalue weighted by molar-refractivity contribution is 5.92. The second-order valence-corrected chi connectivity index (χ2v) is 5.21. The van der Waals surface area contributed by atoms with Crippen LogP contribution in [0.2, 0.25) is 0 Å². The largest absolute Gasteiger partial charge is 0.361 e. The van der Waals surface area contributed by atoms with Crippen LogP contribution < -0.4 is 0 Å². The molecule has 0 radical (unpaired) electrons. The maximum absolute atomic E-state index is 12.1. The maximum Gasteiger partial charge on any atom is 0.276 e. The molecule has 1 aromatic heterocycles. The van der Waals surface area contributed by atoms with Crippen LogP contribution in [-0.4, -0.2) is 52.9 Å². The molecular weight excluding hydrogens is 246 g/mol. The summed E-state index contributed by atoms with van der Waals surface area (Å²) in [4.78, 5) is 27.6. The quantitative estimate of drug-likeness (QED) is 0.787. The van der Waals surface area contributed by atoms with Crippen molar-refractivity contribution in [3.8, 4) is 0 Å². The zero-order valence-corrected chi connectivity index (χ0v) is 11.0. The van der Waals surface area contributed by atoms with Gasteiger partial charge in [0, 0.05) is 38.2 Å². The molecule has 1 aliphatic heterocycles.